The first-order valence-corrected chi connectivity index (χ1v) is 0.548. The van der Waals surface area contributed by atoms with Gasteiger partial charge in [0.1, 0.15) is 0 Å². The van der Waals surface area contributed by atoms with Crippen molar-refractivity contribution in [2.24, 2.45) is 0 Å². The van der Waals surface area contributed by atoms with E-state index in [1.165, 1.54) is 0 Å². The summed E-state index contributed by atoms with van der Waals surface area (Å²) in [5, 5.41) is 14.8. The second-order valence-electron chi connectivity index (χ2n) is 0.224. The molecule has 0 fully saturated rings. The topological polar surface area (TPSA) is 103 Å². The van der Waals surface area contributed by atoms with Gasteiger partial charge in [-0.2, -0.15) is 0 Å². The minimum Gasteiger partial charge on any atom is -0.369 e. The summed E-state index contributed by atoms with van der Waals surface area (Å²) < 4.78 is 0. The van der Waals surface area contributed by atoms with Crippen LogP contribution in [0.3, 0.4) is 0 Å². The van der Waals surface area contributed by atoms with E-state index in [4.69, 9.17) is 15.3 Å². The average Bonchev–Trinajstić information content (AvgIpc) is 0.811. The van der Waals surface area contributed by atoms with Crippen molar-refractivity contribution in [3.63, 3.8) is 0 Å². The lowest BCUT2D eigenvalue weighted by Crippen LogP contribution is -1.74. The fourth-order valence-electron chi connectivity index (χ4n) is 0. The number of rotatable bonds is 0. The smallest absolute Gasteiger partial charge is 0.0689 e. The van der Waals surface area contributed by atoms with Crippen LogP contribution in [0, 0.1) is 15.3 Å². The molecule has 0 heterocycles. The minimum absolute atomic E-state index is 0. The molecule has 0 spiro atoms. The van der Waals surface area contributed by atoms with Crippen molar-refractivity contribution < 1.29 is 5.09 Å². The zero-order valence-electron chi connectivity index (χ0n) is 3.08. The van der Waals surface area contributed by atoms with Crippen molar-refractivity contribution in [3.8, 4) is 0 Å². The molecule has 40 valence electrons. The van der Waals surface area contributed by atoms with E-state index in [1.54, 1.807) is 0 Å². The molecular weight excluding hydrogens is 111 g/mol. The molecule has 0 aliphatic heterocycles. The van der Waals surface area contributed by atoms with Crippen LogP contribution in [0.15, 0.2) is 0 Å². The Morgan fingerprint density at radius 2 is 1.33 bits per heavy atom. The molecule has 5 nitrogen and oxygen atoms in total. The molecule has 6 heavy (non-hydrogen) atoms. The van der Waals surface area contributed by atoms with Gasteiger partial charge in [-0.3, -0.25) is 0 Å². The largest absolute Gasteiger partial charge is 0.369 e. The van der Waals surface area contributed by atoms with E-state index in [1.807, 2.05) is 0 Å². The van der Waals surface area contributed by atoms with Crippen LogP contribution >= 0.6 is 12.4 Å². The van der Waals surface area contributed by atoms with Crippen molar-refractivity contribution in [3.05, 3.63) is 15.3 Å². The van der Waals surface area contributed by atoms with Crippen molar-refractivity contribution in [1.82, 2.24) is 6.15 Å². The Morgan fingerprint density at radius 3 is 1.33 bits per heavy atom. The molecule has 0 aliphatic rings. The molecule has 0 bridgehead atoms. The molecule has 0 saturated heterocycles. The number of quaternary nitrogens is 1. The summed E-state index contributed by atoms with van der Waals surface area (Å²) in [6.07, 6.45) is 0. The molecule has 4 N–H and O–H groups in total. The zero-order chi connectivity index (χ0) is 3.58. The minimum atomic E-state index is -1.75. The van der Waals surface area contributed by atoms with Crippen LogP contribution in [0.25, 0.3) is 0 Å². The average molecular weight is 117 g/mol. The van der Waals surface area contributed by atoms with E-state index in [9.17, 15) is 0 Å². The van der Waals surface area contributed by atoms with Gasteiger partial charge in [0.15, 0.2) is 0 Å². The molecule has 6 heteroatoms. The molecule has 0 unspecified atom stereocenters. The molecule has 0 aromatic rings. The zero-order valence-corrected chi connectivity index (χ0v) is 3.90. The van der Waals surface area contributed by atoms with Crippen LogP contribution in [0.5, 0.6) is 0 Å². The van der Waals surface area contributed by atoms with Gasteiger partial charge < -0.3 is 21.5 Å². The lowest BCUT2D eigenvalue weighted by Gasteiger charge is -1.74. The first-order chi connectivity index (χ1) is 1.73. The predicted molar refractivity (Wildman–Crippen MR) is 23.6 cm³/mol. The Kier molecular flexibility index (Phi) is 26.4. The third kappa shape index (κ3) is 68.5. The van der Waals surface area contributed by atoms with Crippen LogP contribution in [0.2, 0.25) is 0 Å². The molecule has 0 atom stereocenters. The highest BCUT2D eigenvalue weighted by molar-refractivity contribution is 5.85. The first-order valence-electron chi connectivity index (χ1n) is 0.548. The Bertz CT molecular complexity index is 31.8. The van der Waals surface area contributed by atoms with Gasteiger partial charge in [0, 0.05) is 0 Å². The quantitative estimate of drug-likeness (QED) is 0.369. The normalized spacial score (nSPS) is 4.00. The van der Waals surface area contributed by atoms with E-state index >= 15 is 0 Å². The number of hydrogen-bond donors (Lipinski definition) is 1. The molecule has 0 rings (SSSR count). The van der Waals surface area contributed by atoms with Crippen LogP contribution in [0.1, 0.15) is 0 Å². The number of hydrogen-bond acceptors (Lipinski definition) is 3. The van der Waals surface area contributed by atoms with E-state index in [-0.39, 0.29) is 18.6 Å². The molecular formula is H5ClN2O3. The third-order valence-corrected chi connectivity index (χ3v) is 0. The molecule has 0 aromatic carbocycles. The number of nitrogens with zero attached hydrogens (tertiary/aromatic N) is 1. The summed E-state index contributed by atoms with van der Waals surface area (Å²) in [5.74, 6) is 0. The Balaban J connectivity index is -0.0000000450. The lowest BCUT2D eigenvalue weighted by molar-refractivity contribution is -0.402. The summed E-state index contributed by atoms with van der Waals surface area (Å²) >= 11 is 0. The highest BCUT2D eigenvalue weighted by atomic mass is 35.5. The van der Waals surface area contributed by atoms with E-state index < -0.39 is 5.09 Å². The van der Waals surface area contributed by atoms with Crippen molar-refractivity contribution in [2.75, 3.05) is 0 Å². The fourth-order valence-corrected chi connectivity index (χ4v) is 0. The maximum atomic E-state index is 8.25. The molecule has 0 aromatic heterocycles. The van der Waals surface area contributed by atoms with Gasteiger partial charge in [0.05, 0.1) is 5.09 Å². The molecule has 0 aliphatic carbocycles. The van der Waals surface area contributed by atoms with Gasteiger partial charge >= 0.3 is 0 Å². The highest BCUT2D eigenvalue weighted by Gasteiger charge is 1.45. The van der Waals surface area contributed by atoms with Crippen molar-refractivity contribution in [1.29, 1.82) is 0 Å². The van der Waals surface area contributed by atoms with E-state index in [2.05, 4.69) is 0 Å². The third-order valence-electron chi connectivity index (χ3n) is 0. The van der Waals surface area contributed by atoms with E-state index in [0.29, 0.717) is 0 Å². The summed E-state index contributed by atoms with van der Waals surface area (Å²) in [4.78, 5) is 8.25. The Morgan fingerprint density at radius 1 is 1.33 bits per heavy atom. The van der Waals surface area contributed by atoms with Gasteiger partial charge in [-0.05, 0) is 0 Å². The van der Waals surface area contributed by atoms with Crippen LogP contribution in [-0.2, 0) is 0 Å². The summed E-state index contributed by atoms with van der Waals surface area (Å²) in [7, 11) is 0. The van der Waals surface area contributed by atoms with Gasteiger partial charge in [-0.15, -0.1) is 12.4 Å². The maximum absolute atomic E-state index is 8.25. The van der Waals surface area contributed by atoms with Crippen molar-refractivity contribution >= 4 is 12.4 Å². The molecule has 0 amide bonds. The van der Waals surface area contributed by atoms with E-state index in [0.717, 1.165) is 0 Å². The van der Waals surface area contributed by atoms with Gasteiger partial charge in [0.2, 0.25) is 0 Å². The first kappa shape index (κ1) is 18.0. The SMILES string of the molecule is Cl.O=[N+]([O-])[O-].[NH4+]. The summed E-state index contributed by atoms with van der Waals surface area (Å²) in [5.41, 5.74) is 0. The second kappa shape index (κ2) is 8.82. The number of halogens is 1. The fraction of sp³-hybridized carbons (Fsp3) is 0. The standard InChI is InChI=1S/ClH.NO3.H3N/c;2-1(3)4;/h1H;;1H3/q;-1;/p+1. The van der Waals surface area contributed by atoms with Crippen LogP contribution in [-0.4, -0.2) is 5.09 Å². The highest BCUT2D eigenvalue weighted by Crippen LogP contribution is 1.44. The van der Waals surface area contributed by atoms with Crippen molar-refractivity contribution in [2.45, 2.75) is 0 Å². The lowest BCUT2D eigenvalue weighted by atomic mass is 13.1. The summed E-state index contributed by atoms with van der Waals surface area (Å²) in [6.45, 7) is 0. The summed E-state index contributed by atoms with van der Waals surface area (Å²) in [6, 6.07) is 0. The molecule has 0 saturated carbocycles. The van der Waals surface area contributed by atoms with Gasteiger partial charge in [0.25, 0.3) is 0 Å². The Labute approximate surface area is 40.1 Å². The predicted octanol–water partition coefficient (Wildman–Crippen LogP) is 0.559. The second-order valence-corrected chi connectivity index (χ2v) is 0.224. The van der Waals surface area contributed by atoms with Crippen LogP contribution < -0.4 is 6.15 Å². The van der Waals surface area contributed by atoms with Crippen LogP contribution in [0.4, 0.5) is 0 Å². The van der Waals surface area contributed by atoms with Gasteiger partial charge in [-0.1, -0.05) is 0 Å². The maximum Gasteiger partial charge on any atom is 0.0689 e. The van der Waals surface area contributed by atoms with Gasteiger partial charge in [-0.25, -0.2) is 0 Å². The monoisotopic (exact) mass is 116 g/mol. The molecule has 0 radical (unpaired) electrons. The Hall–Kier alpha value is -0.550.